The number of halogens is 1. The van der Waals surface area contributed by atoms with E-state index < -0.39 is 47.6 Å². The number of amides is 1. The number of carbonyl (C=O) groups is 1. The summed E-state index contributed by atoms with van der Waals surface area (Å²) in [5.41, 5.74) is 5.19. The normalized spacial score (nSPS) is 19.3. The zero-order valence-corrected chi connectivity index (χ0v) is 40.4. The van der Waals surface area contributed by atoms with E-state index in [0.29, 0.717) is 42.6 Å². The number of nitro benzene ring substituents is 1. The quantitative estimate of drug-likeness (QED) is 0.0723. The smallest absolute Gasteiger partial charge is 0.279 e. The number of carbonyl (C=O) groups excluding carboxylic acids is 1. The maximum absolute atomic E-state index is 14.1. The Balaban J connectivity index is 0.922. The fourth-order valence-corrected chi connectivity index (χ4v) is 12.1. The summed E-state index contributed by atoms with van der Waals surface area (Å²) in [5, 5.41) is 13.9. The molecule has 2 aromatic heterocycles. The van der Waals surface area contributed by atoms with E-state index in [2.05, 4.69) is 55.2 Å². The lowest BCUT2D eigenvalue weighted by molar-refractivity contribution is -0.386. The Morgan fingerprint density at radius 3 is 2.50 bits per heavy atom. The molecule has 3 N–H and O–H groups in total. The summed E-state index contributed by atoms with van der Waals surface area (Å²) < 4.78 is 72.0. The van der Waals surface area contributed by atoms with Crippen LogP contribution in [0.4, 0.5) is 11.4 Å². The molecule has 9 rings (SSSR count). The molecule has 5 aromatic rings. The highest BCUT2D eigenvalue weighted by Gasteiger charge is 2.34. The molecule has 4 aliphatic rings. The number of ether oxygens (including phenoxy) is 2. The van der Waals surface area contributed by atoms with E-state index in [-0.39, 0.29) is 47.6 Å². The molecule has 3 aliphatic heterocycles. The third-order valence-corrected chi connectivity index (χ3v) is 16.6. The Labute approximate surface area is 401 Å². The second kappa shape index (κ2) is 19.4. The topological polar surface area (TPSA) is 209 Å². The van der Waals surface area contributed by atoms with Gasteiger partial charge in [-0.15, -0.1) is 0 Å². The fraction of sp³-hybridized carbons (Fsp3) is 0.417. The van der Waals surface area contributed by atoms with Crippen LogP contribution in [-0.4, -0.2) is 106 Å². The highest BCUT2D eigenvalue weighted by molar-refractivity contribution is 7.90. The number of pyridine rings is 1. The molecule has 0 spiro atoms. The summed E-state index contributed by atoms with van der Waals surface area (Å²) in [6.45, 7) is 9.28. The van der Waals surface area contributed by atoms with Crippen molar-refractivity contribution in [2.45, 2.75) is 63.7 Å². The predicted molar refractivity (Wildman–Crippen MR) is 260 cm³/mol. The van der Waals surface area contributed by atoms with E-state index >= 15 is 0 Å². The number of rotatable bonds is 14. The van der Waals surface area contributed by atoms with Gasteiger partial charge in [0.25, 0.3) is 31.8 Å². The molecule has 1 aliphatic carbocycles. The summed E-state index contributed by atoms with van der Waals surface area (Å²) in [7, 11) is -8.47. The van der Waals surface area contributed by atoms with Crippen molar-refractivity contribution >= 4 is 65.7 Å². The molecule has 0 radical (unpaired) electrons. The Morgan fingerprint density at radius 1 is 0.985 bits per heavy atom. The Morgan fingerprint density at radius 2 is 1.75 bits per heavy atom. The monoisotopic (exact) mass is 986 g/mol. The molecule has 360 valence electrons. The molecular formula is C48H55ClN8O9S2. The molecule has 3 aromatic carbocycles. The summed E-state index contributed by atoms with van der Waals surface area (Å²) in [4.78, 5) is 37.4. The SMILES string of the molecule is CC1(C)CCC(CN2CCN(c3ccc(C(=O)NS(=O)(=O)c4cc5c(c([N+](=O)[O-])c4)C[C@@H](CNS(=O)(=O)N4CCCCC4)CO5)c(Oc4cnc5[nH]ccc5c4)c3)CC2)=C(c2ccc(Cl)cc2)C1. The summed E-state index contributed by atoms with van der Waals surface area (Å²) >= 11 is 6.25. The molecule has 0 unspecified atom stereocenters. The van der Waals surface area contributed by atoms with Gasteiger partial charge in [0.2, 0.25) is 0 Å². The molecule has 5 heterocycles. The molecule has 0 saturated carbocycles. The number of benzene rings is 3. The number of sulfonamides is 1. The van der Waals surface area contributed by atoms with E-state index in [4.69, 9.17) is 21.1 Å². The number of H-pyrrole nitrogens is 1. The van der Waals surface area contributed by atoms with Crippen molar-refractivity contribution < 1.29 is 36.0 Å². The van der Waals surface area contributed by atoms with Gasteiger partial charge in [-0.1, -0.05) is 49.6 Å². The van der Waals surface area contributed by atoms with Gasteiger partial charge in [-0.25, -0.2) is 22.8 Å². The van der Waals surface area contributed by atoms with Gasteiger partial charge in [0.1, 0.15) is 22.9 Å². The number of nitro groups is 1. The first-order valence-electron chi connectivity index (χ1n) is 23.0. The van der Waals surface area contributed by atoms with Crippen LogP contribution in [0.15, 0.2) is 89.6 Å². The van der Waals surface area contributed by atoms with Crippen molar-refractivity contribution in [2.24, 2.45) is 11.3 Å². The first-order chi connectivity index (χ1) is 32.5. The van der Waals surface area contributed by atoms with Gasteiger partial charge in [-0.3, -0.25) is 19.8 Å². The number of allylic oxidation sites excluding steroid dienone is 1. The van der Waals surface area contributed by atoms with Crippen LogP contribution in [0.1, 0.15) is 73.9 Å². The van der Waals surface area contributed by atoms with Crippen molar-refractivity contribution in [3.8, 4) is 17.2 Å². The van der Waals surface area contributed by atoms with Gasteiger partial charge in [-0.2, -0.15) is 12.7 Å². The summed E-state index contributed by atoms with van der Waals surface area (Å²) in [6.07, 6.45) is 8.95. The number of anilines is 1. The number of hydrogen-bond acceptors (Lipinski definition) is 12. The van der Waals surface area contributed by atoms with E-state index in [1.165, 1.54) is 33.3 Å². The van der Waals surface area contributed by atoms with Crippen molar-refractivity contribution in [1.82, 2.24) is 28.6 Å². The lowest BCUT2D eigenvalue weighted by atomic mass is 9.72. The second-order valence-corrected chi connectivity index (χ2v) is 22.7. The minimum absolute atomic E-state index is 0.0180. The fourth-order valence-electron chi connectivity index (χ4n) is 9.58. The van der Waals surface area contributed by atoms with Crippen LogP contribution in [0.5, 0.6) is 17.2 Å². The van der Waals surface area contributed by atoms with Gasteiger partial charge < -0.3 is 19.4 Å². The van der Waals surface area contributed by atoms with E-state index in [9.17, 15) is 31.7 Å². The number of aromatic nitrogens is 2. The molecule has 1 amide bonds. The molecule has 17 nitrogen and oxygen atoms in total. The van der Waals surface area contributed by atoms with Crippen LogP contribution in [0.2, 0.25) is 5.02 Å². The predicted octanol–water partition coefficient (Wildman–Crippen LogP) is 7.69. The number of piperazine rings is 1. The van der Waals surface area contributed by atoms with Gasteiger partial charge in [0.15, 0.2) is 0 Å². The van der Waals surface area contributed by atoms with Gasteiger partial charge in [0.05, 0.1) is 33.7 Å². The molecule has 68 heavy (non-hydrogen) atoms. The molecule has 0 bridgehead atoms. The van der Waals surface area contributed by atoms with E-state index in [1.807, 2.05) is 18.2 Å². The third kappa shape index (κ3) is 10.7. The zero-order chi connectivity index (χ0) is 47.8. The minimum Gasteiger partial charge on any atom is -0.493 e. The average molecular weight is 988 g/mol. The summed E-state index contributed by atoms with van der Waals surface area (Å²) in [6, 6.07) is 18.7. The number of piperidine rings is 1. The molecular weight excluding hydrogens is 932 g/mol. The largest absolute Gasteiger partial charge is 0.493 e. The van der Waals surface area contributed by atoms with E-state index in [0.717, 1.165) is 81.4 Å². The van der Waals surface area contributed by atoms with E-state index in [1.54, 1.807) is 24.4 Å². The Bertz CT molecular complexity index is 2980. The van der Waals surface area contributed by atoms with Crippen LogP contribution in [0.25, 0.3) is 16.6 Å². The van der Waals surface area contributed by atoms with Crippen molar-refractivity contribution in [3.05, 3.63) is 117 Å². The number of hydrogen-bond donors (Lipinski definition) is 3. The first kappa shape index (κ1) is 47.5. The highest BCUT2D eigenvalue weighted by atomic mass is 35.5. The van der Waals surface area contributed by atoms with Crippen molar-refractivity contribution in [2.75, 3.05) is 63.9 Å². The summed E-state index contributed by atoms with van der Waals surface area (Å²) in [5.74, 6) is -1.11. The third-order valence-electron chi connectivity index (χ3n) is 13.4. The number of fused-ring (bicyclic) bond motifs is 2. The van der Waals surface area contributed by atoms with Gasteiger partial charge in [0, 0.05) is 98.8 Å². The second-order valence-electron chi connectivity index (χ2n) is 18.9. The van der Waals surface area contributed by atoms with Gasteiger partial charge >= 0.3 is 0 Å². The maximum atomic E-state index is 14.1. The number of nitrogens with zero attached hydrogens (tertiary/aromatic N) is 5. The van der Waals surface area contributed by atoms with Crippen LogP contribution in [-0.2, 0) is 26.7 Å². The van der Waals surface area contributed by atoms with Crippen molar-refractivity contribution in [1.29, 1.82) is 0 Å². The standard InChI is InChI=1S/C48H55ClN8O9S2/c1-48(2)14-12-35(42(27-48)33-6-8-36(49)9-7-33)30-54-18-20-55(21-19-54)37-10-11-40(45(24-37)66-38-23-34-13-15-50-46(34)51-29-38)47(58)53-67(61,62)39-25-43(57(59)60)41-22-32(31-65-44(41)26-39)28-52-68(63,64)56-16-4-3-5-17-56/h6-11,13,15,23-26,29,32,52H,3-5,12,14,16-22,27-28,30-31H2,1-2H3,(H,50,51)(H,53,58)/t32-/m0/s1. The lowest BCUT2D eigenvalue weighted by Gasteiger charge is -2.39. The maximum Gasteiger partial charge on any atom is 0.279 e. The Kier molecular flexibility index (Phi) is 13.6. The molecule has 2 saturated heterocycles. The Hall–Kier alpha value is -5.57. The molecule has 1 atom stereocenters. The molecule has 20 heteroatoms. The van der Waals surface area contributed by atoms with Crippen LogP contribution in [0.3, 0.4) is 0 Å². The highest BCUT2D eigenvalue weighted by Crippen LogP contribution is 2.44. The zero-order valence-electron chi connectivity index (χ0n) is 38.0. The average Bonchev–Trinajstić information content (AvgIpc) is 3.80. The van der Waals surface area contributed by atoms with Crippen LogP contribution in [0, 0.1) is 21.4 Å². The van der Waals surface area contributed by atoms with Crippen LogP contribution < -0.4 is 23.8 Å². The first-order valence-corrected chi connectivity index (χ1v) is 26.3. The van der Waals surface area contributed by atoms with Gasteiger partial charge in [-0.05, 0) is 91.5 Å². The minimum atomic E-state index is -4.72. The lowest BCUT2D eigenvalue weighted by Crippen LogP contribution is -2.47. The molecule has 2 fully saturated rings. The number of aromatic amines is 1. The van der Waals surface area contributed by atoms with Crippen LogP contribution >= 0.6 is 11.6 Å². The number of nitrogens with one attached hydrogen (secondary N) is 3. The van der Waals surface area contributed by atoms with Crippen molar-refractivity contribution in [3.63, 3.8) is 0 Å².